The number of hydrogen-bond donors (Lipinski definition) is 0. The summed E-state index contributed by atoms with van der Waals surface area (Å²) < 4.78 is 34.8. The first kappa shape index (κ1) is 11.3. The Morgan fingerprint density at radius 2 is 1.92 bits per heavy atom. The predicted molar refractivity (Wildman–Crippen MR) is 38.6 cm³/mol. The summed E-state index contributed by atoms with van der Waals surface area (Å²) >= 11 is 0. The Hall–Kier alpha value is -0.740. The van der Waals surface area contributed by atoms with Crippen molar-refractivity contribution in [3.63, 3.8) is 0 Å². The monoisotopic (exact) mass is 183 g/mol. The van der Waals surface area contributed by atoms with Crippen LogP contribution in [0.2, 0.25) is 0 Å². The number of halogens is 3. The van der Waals surface area contributed by atoms with E-state index in [0.29, 0.717) is 6.54 Å². The van der Waals surface area contributed by atoms with Crippen molar-refractivity contribution in [2.24, 2.45) is 0 Å². The molecule has 0 rings (SSSR count). The minimum Gasteiger partial charge on any atom is -0.346 e. The van der Waals surface area contributed by atoms with Gasteiger partial charge in [0.1, 0.15) is 0 Å². The molecule has 0 unspecified atom stereocenters. The fraction of sp³-hybridized carbons (Fsp3) is 0.857. The van der Waals surface area contributed by atoms with Gasteiger partial charge in [-0.15, -0.1) is 0 Å². The predicted octanol–water partition coefficient (Wildman–Crippen LogP) is 1.81. The molecule has 0 bridgehead atoms. The molecule has 0 heterocycles. The molecule has 0 aromatic carbocycles. The van der Waals surface area contributed by atoms with Crippen molar-refractivity contribution in [1.29, 1.82) is 0 Å². The Morgan fingerprint density at radius 1 is 1.42 bits per heavy atom. The fourth-order valence-electron chi connectivity index (χ4n) is 0.616. The summed E-state index contributed by atoms with van der Waals surface area (Å²) in [5.41, 5.74) is 0. The van der Waals surface area contributed by atoms with Gasteiger partial charge in [0.15, 0.2) is 0 Å². The molecule has 0 N–H and O–H groups in total. The molecule has 0 aromatic rings. The minimum absolute atomic E-state index is 0.441. The molecule has 0 aliphatic heterocycles. The minimum atomic E-state index is -4.23. The van der Waals surface area contributed by atoms with Crippen LogP contribution in [0.3, 0.4) is 0 Å². The van der Waals surface area contributed by atoms with Gasteiger partial charge < -0.3 is 4.90 Å². The van der Waals surface area contributed by atoms with E-state index in [1.165, 1.54) is 11.9 Å². The van der Waals surface area contributed by atoms with Crippen LogP contribution in [0.25, 0.3) is 0 Å². The van der Waals surface area contributed by atoms with Crippen molar-refractivity contribution in [1.82, 2.24) is 4.90 Å². The van der Waals surface area contributed by atoms with E-state index in [1.54, 1.807) is 6.92 Å². The molecule has 12 heavy (non-hydrogen) atoms. The molecule has 0 saturated heterocycles. The van der Waals surface area contributed by atoms with Gasteiger partial charge in [0.2, 0.25) is 5.91 Å². The van der Waals surface area contributed by atoms with Gasteiger partial charge in [0.05, 0.1) is 6.42 Å². The van der Waals surface area contributed by atoms with Gasteiger partial charge >= 0.3 is 6.18 Å². The average molecular weight is 183 g/mol. The number of carbonyl (C=O) groups is 1. The standard InChI is InChI=1S/C7H12F3NO/c1-3-11(2)6(12)4-5-7(8,9)10/h3-5H2,1-2H3. The molecule has 5 heteroatoms. The first-order valence-corrected chi connectivity index (χ1v) is 3.67. The lowest BCUT2D eigenvalue weighted by Crippen LogP contribution is -2.27. The smallest absolute Gasteiger partial charge is 0.346 e. The molecule has 0 spiro atoms. The van der Waals surface area contributed by atoms with Crippen LogP contribution >= 0.6 is 0 Å². The summed E-state index contributed by atoms with van der Waals surface area (Å²) in [6, 6.07) is 0. The SMILES string of the molecule is CCN(C)C(=O)CCC(F)(F)F. The molecule has 0 aliphatic carbocycles. The Labute approximate surface area is 69.3 Å². The largest absolute Gasteiger partial charge is 0.389 e. The molecule has 0 aliphatic rings. The van der Waals surface area contributed by atoms with Crippen molar-refractivity contribution in [2.75, 3.05) is 13.6 Å². The number of carbonyl (C=O) groups excluding carboxylic acids is 1. The topological polar surface area (TPSA) is 20.3 Å². The number of rotatable bonds is 3. The highest BCUT2D eigenvalue weighted by Crippen LogP contribution is 2.21. The maximum absolute atomic E-state index is 11.6. The van der Waals surface area contributed by atoms with Gasteiger partial charge in [0.25, 0.3) is 0 Å². The molecule has 72 valence electrons. The molecular formula is C7H12F3NO. The van der Waals surface area contributed by atoms with Crippen molar-refractivity contribution >= 4 is 5.91 Å². The molecule has 0 fully saturated rings. The van der Waals surface area contributed by atoms with Crippen LogP contribution in [0.5, 0.6) is 0 Å². The van der Waals surface area contributed by atoms with Crippen molar-refractivity contribution < 1.29 is 18.0 Å². The second-order valence-electron chi connectivity index (χ2n) is 2.52. The summed E-state index contributed by atoms with van der Waals surface area (Å²) in [6.45, 7) is 2.15. The Morgan fingerprint density at radius 3 is 2.25 bits per heavy atom. The van der Waals surface area contributed by atoms with E-state index in [4.69, 9.17) is 0 Å². The van der Waals surface area contributed by atoms with E-state index < -0.39 is 24.9 Å². The van der Waals surface area contributed by atoms with E-state index >= 15 is 0 Å². The van der Waals surface area contributed by atoms with Crippen LogP contribution < -0.4 is 0 Å². The van der Waals surface area contributed by atoms with Gasteiger partial charge in [-0.2, -0.15) is 13.2 Å². The van der Waals surface area contributed by atoms with E-state index in [1.807, 2.05) is 0 Å². The van der Waals surface area contributed by atoms with Crippen LogP contribution in [0.15, 0.2) is 0 Å². The maximum atomic E-state index is 11.6. The average Bonchev–Trinajstić information content (AvgIpc) is 1.97. The third kappa shape index (κ3) is 4.98. The maximum Gasteiger partial charge on any atom is 0.389 e. The molecule has 1 amide bonds. The van der Waals surface area contributed by atoms with E-state index in [0.717, 1.165) is 0 Å². The lowest BCUT2D eigenvalue weighted by atomic mass is 10.3. The zero-order chi connectivity index (χ0) is 9.78. The molecular weight excluding hydrogens is 171 g/mol. The number of nitrogens with zero attached hydrogens (tertiary/aromatic N) is 1. The zero-order valence-corrected chi connectivity index (χ0v) is 7.11. The Balaban J connectivity index is 3.72. The third-order valence-electron chi connectivity index (χ3n) is 1.52. The first-order chi connectivity index (χ1) is 5.37. The van der Waals surface area contributed by atoms with E-state index in [-0.39, 0.29) is 0 Å². The van der Waals surface area contributed by atoms with Crippen LogP contribution in [-0.2, 0) is 4.79 Å². The van der Waals surface area contributed by atoms with Crippen LogP contribution in [0, 0.1) is 0 Å². The first-order valence-electron chi connectivity index (χ1n) is 3.67. The summed E-state index contributed by atoms with van der Waals surface area (Å²) in [5.74, 6) is -0.463. The van der Waals surface area contributed by atoms with Crippen LogP contribution in [0.1, 0.15) is 19.8 Å². The van der Waals surface area contributed by atoms with Gasteiger partial charge in [-0.05, 0) is 6.92 Å². The van der Waals surface area contributed by atoms with Gasteiger partial charge in [0, 0.05) is 20.0 Å². The van der Waals surface area contributed by atoms with E-state index in [9.17, 15) is 18.0 Å². The second kappa shape index (κ2) is 4.33. The number of alkyl halides is 3. The summed E-state index contributed by atoms with van der Waals surface area (Å²) in [6.07, 6.45) is -5.71. The Kier molecular flexibility index (Phi) is 4.06. The molecule has 0 radical (unpaired) electrons. The van der Waals surface area contributed by atoms with Crippen molar-refractivity contribution in [3.8, 4) is 0 Å². The molecule has 0 saturated carbocycles. The Bertz CT molecular complexity index is 155. The quantitative estimate of drug-likeness (QED) is 0.653. The zero-order valence-electron chi connectivity index (χ0n) is 7.11. The lowest BCUT2D eigenvalue weighted by Gasteiger charge is -2.14. The van der Waals surface area contributed by atoms with Gasteiger partial charge in [-0.1, -0.05) is 0 Å². The number of amides is 1. The summed E-state index contributed by atoms with van der Waals surface area (Å²) in [7, 11) is 1.48. The highest BCUT2D eigenvalue weighted by atomic mass is 19.4. The molecule has 0 aromatic heterocycles. The van der Waals surface area contributed by atoms with Gasteiger partial charge in [-0.25, -0.2) is 0 Å². The van der Waals surface area contributed by atoms with Gasteiger partial charge in [-0.3, -0.25) is 4.79 Å². The highest BCUT2D eigenvalue weighted by Gasteiger charge is 2.28. The normalized spacial score (nSPS) is 11.4. The molecule has 2 nitrogen and oxygen atoms in total. The van der Waals surface area contributed by atoms with Crippen LogP contribution in [0.4, 0.5) is 13.2 Å². The summed E-state index contributed by atoms with van der Waals surface area (Å²) in [4.78, 5) is 12.1. The number of hydrogen-bond acceptors (Lipinski definition) is 1. The van der Waals surface area contributed by atoms with Crippen molar-refractivity contribution in [2.45, 2.75) is 25.9 Å². The fourth-order valence-corrected chi connectivity index (χ4v) is 0.616. The lowest BCUT2D eigenvalue weighted by molar-refractivity contribution is -0.148. The van der Waals surface area contributed by atoms with Crippen molar-refractivity contribution in [3.05, 3.63) is 0 Å². The highest BCUT2D eigenvalue weighted by molar-refractivity contribution is 5.75. The van der Waals surface area contributed by atoms with Crippen LogP contribution in [-0.4, -0.2) is 30.6 Å². The third-order valence-corrected chi connectivity index (χ3v) is 1.52. The second-order valence-corrected chi connectivity index (χ2v) is 2.52. The molecule has 0 atom stereocenters. The van der Waals surface area contributed by atoms with E-state index in [2.05, 4.69) is 0 Å². The summed E-state index contributed by atoms with van der Waals surface area (Å²) in [5, 5.41) is 0.